The molecule has 0 saturated carbocycles. The Kier molecular flexibility index (Phi) is 2.56. The van der Waals surface area contributed by atoms with Crippen LogP contribution in [-0.4, -0.2) is 6.54 Å². The summed E-state index contributed by atoms with van der Waals surface area (Å²) in [7, 11) is 0. The minimum absolute atomic E-state index is 0.901. The Hall–Kier alpha value is -1.47. The van der Waals surface area contributed by atoms with E-state index in [1.807, 2.05) is 0 Å². The lowest BCUT2D eigenvalue weighted by Gasteiger charge is -2.09. The van der Waals surface area contributed by atoms with Crippen molar-refractivity contribution in [3.05, 3.63) is 52.5 Å². The van der Waals surface area contributed by atoms with Crippen LogP contribution in [0.1, 0.15) is 11.1 Å². The summed E-state index contributed by atoms with van der Waals surface area (Å²) >= 11 is 6.50. The lowest BCUT2D eigenvalue weighted by atomic mass is 10.00. The maximum Gasteiger partial charge on any atom is 0.0537 e. The van der Waals surface area contributed by atoms with E-state index in [2.05, 4.69) is 48.6 Å². The normalized spacial score (nSPS) is 13.3. The van der Waals surface area contributed by atoms with Gasteiger partial charge in [-0.05, 0) is 30.5 Å². The quantitative estimate of drug-likeness (QED) is 0.788. The van der Waals surface area contributed by atoms with E-state index in [0.717, 1.165) is 23.6 Å². The largest absolute Gasteiger partial charge is 0.384 e. The van der Waals surface area contributed by atoms with Crippen LogP contribution in [0.4, 0.5) is 5.69 Å². The summed E-state index contributed by atoms with van der Waals surface area (Å²) in [6.07, 6.45) is 1.02. The lowest BCUT2D eigenvalue weighted by molar-refractivity contribution is 1.11. The van der Waals surface area contributed by atoms with Crippen molar-refractivity contribution < 1.29 is 0 Å². The highest BCUT2D eigenvalue weighted by atomic mass is 35.5. The van der Waals surface area contributed by atoms with E-state index >= 15 is 0 Å². The standard InChI is InChI=1S/C15H14ClN/c1-10-3-2-4-11(9-10)12-5-6-14-13(15(12)16)7-8-17-14/h2-6,9,17H,7-8H2,1H3. The molecule has 1 nitrogen and oxygen atoms in total. The predicted octanol–water partition coefficient (Wildman–Crippen LogP) is 4.28. The molecule has 2 heteroatoms. The molecule has 0 fully saturated rings. The number of aryl methyl sites for hydroxylation is 1. The summed E-state index contributed by atoms with van der Waals surface area (Å²) in [6, 6.07) is 12.7. The Balaban J connectivity index is 2.16. The van der Waals surface area contributed by atoms with Crippen molar-refractivity contribution in [2.45, 2.75) is 13.3 Å². The minimum Gasteiger partial charge on any atom is -0.384 e. The SMILES string of the molecule is Cc1cccc(-c2ccc3c(c2Cl)CCN3)c1. The summed E-state index contributed by atoms with van der Waals surface area (Å²) in [4.78, 5) is 0. The van der Waals surface area contributed by atoms with Gasteiger partial charge in [0, 0.05) is 17.8 Å². The van der Waals surface area contributed by atoms with Gasteiger partial charge in [0.1, 0.15) is 0 Å². The van der Waals surface area contributed by atoms with E-state index in [0.29, 0.717) is 0 Å². The zero-order chi connectivity index (χ0) is 11.8. The van der Waals surface area contributed by atoms with Crippen LogP contribution in [0.3, 0.4) is 0 Å². The zero-order valence-electron chi connectivity index (χ0n) is 9.76. The van der Waals surface area contributed by atoms with Crippen molar-refractivity contribution in [1.82, 2.24) is 0 Å². The van der Waals surface area contributed by atoms with Crippen LogP contribution in [0.2, 0.25) is 5.02 Å². The molecule has 0 radical (unpaired) electrons. The molecule has 1 heterocycles. The fourth-order valence-electron chi connectivity index (χ4n) is 2.39. The van der Waals surface area contributed by atoms with E-state index in [-0.39, 0.29) is 0 Å². The Bertz CT molecular complexity index is 575. The second-order valence-corrected chi connectivity index (χ2v) is 4.88. The predicted molar refractivity (Wildman–Crippen MR) is 73.8 cm³/mol. The van der Waals surface area contributed by atoms with Gasteiger partial charge in [-0.1, -0.05) is 47.5 Å². The molecule has 0 unspecified atom stereocenters. The van der Waals surface area contributed by atoms with Gasteiger partial charge in [-0.15, -0.1) is 0 Å². The molecular formula is C15H14ClN. The van der Waals surface area contributed by atoms with Crippen LogP contribution < -0.4 is 5.32 Å². The van der Waals surface area contributed by atoms with Gasteiger partial charge in [0.25, 0.3) is 0 Å². The van der Waals surface area contributed by atoms with Crippen LogP contribution in [-0.2, 0) is 6.42 Å². The highest BCUT2D eigenvalue weighted by Crippen LogP contribution is 2.37. The molecule has 2 aromatic carbocycles. The summed E-state index contributed by atoms with van der Waals surface area (Å²) in [6.45, 7) is 3.10. The van der Waals surface area contributed by atoms with Gasteiger partial charge in [0.05, 0.1) is 5.02 Å². The van der Waals surface area contributed by atoms with Crippen molar-refractivity contribution in [2.24, 2.45) is 0 Å². The highest BCUT2D eigenvalue weighted by Gasteiger charge is 2.16. The van der Waals surface area contributed by atoms with Gasteiger partial charge in [-0.2, -0.15) is 0 Å². The first kappa shape index (κ1) is 10.7. The highest BCUT2D eigenvalue weighted by molar-refractivity contribution is 6.34. The molecule has 0 amide bonds. The second kappa shape index (κ2) is 4.08. The number of anilines is 1. The first-order valence-corrected chi connectivity index (χ1v) is 6.26. The average molecular weight is 244 g/mol. The first-order chi connectivity index (χ1) is 8.25. The summed E-state index contributed by atoms with van der Waals surface area (Å²) < 4.78 is 0. The van der Waals surface area contributed by atoms with E-state index in [9.17, 15) is 0 Å². The van der Waals surface area contributed by atoms with Gasteiger partial charge in [0.15, 0.2) is 0 Å². The number of rotatable bonds is 1. The molecule has 0 aliphatic carbocycles. The second-order valence-electron chi connectivity index (χ2n) is 4.50. The lowest BCUT2D eigenvalue weighted by Crippen LogP contribution is -1.90. The molecular weight excluding hydrogens is 230 g/mol. The van der Waals surface area contributed by atoms with Gasteiger partial charge in [-0.25, -0.2) is 0 Å². The van der Waals surface area contributed by atoms with Crippen molar-refractivity contribution in [3.8, 4) is 11.1 Å². The topological polar surface area (TPSA) is 12.0 Å². The third-order valence-electron chi connectivity index (χ3n) is 3.26. The van der Waals surface area contributed by atoms with Crippen LogP contribution in [0, 0.1) is 6.92 Å². The zero-order valence-corrected chi connectivity index (χ0v) is 10.5. The van der Waals surface area contributed by atoms with Gasteiger partial charge in [-0.3, -0.25) is 0 Å². The molecule has 0 saturated heterocycles. The Morgan fingerprint density at radius 1 is 1.18 bits per heavy atom. The molecule has 1 aliphatic rings. The third-order valence-corrected chi connectivity index (χ3v) is 3.69. The van der Waals surface area contributed by atoms with Crippen LogP contribution in [0.25, 0.3) is 11.1 Å². The monoisotopic (exact) mass is 243 g/mol. The Labute approximate surface area is 106 Å². The number of halogens is 1. The molecule has 3 rings (SSSR count). The number of hydrogen-bond acceptors (Lipinski definition) is 1. The average Bonchev–Trinajstić information content (AvgIpc) is 2.78. The molecule has 2 aromatic rings. The smallest absolute Gasteiger partial charge is 0.0537 e. The fraction of sp³-hybridized carbons (Fsp3) is 0.200. The van der Waals surface area contributed by atoms with E-state index < -0.39 is 0 Å². The van der Waals surface area contributed by atoms with E-state index in [1.54, 1.807) is 0 Å². The first-order valence-electron chi connectivity index (χ1n) is 5.88. The number of hydrogen-bond donors (Lipinski definition) is 1. The molecule has 0 spiro atoms. The fourth-order valence-corrected chi connectivity index (χ4v) is 2.76. The third kappa shape index (κ3) is 1.81. The van der Waals surface area contributed by atoms with Crippen molar-refractivity contribution in [3.63, 3.8) is 0 Å². The molecule has 0 aromatic heterocycles. The van der Waals surface area contributed by atoms with Gasteiger partial charge < -0.3 is 5.32 Å². The van der Waals surface area contributed by atoms with Crippen LogP contribution in [0.15, 0.2) is 36.4 Å². The van der Waals surface area contributed by atoms with Crippen LogP contribution in [0.5, 0.6) is 0 Å². The maximum absolute atomic E-state index is 6.50. The molecule has 0 bridgehead atoms. The van der Waals surface area contributed by atoms with E-state index in [1.165, 1.54) is 22.4 Å². The van der Waals surface area contributed by atoms with E-state index in [4.69, 9.17) is 11.6 Å². The summed E-state index contributed by atoms with van der Waals surface area (Å²) in [5.41, 5.74) is 6.04. The van der Waals surface area contributed by atoms with Gasteiger partial charge >= 0.3 is 0 Å². The van der Waals surface area contributed by atoms with Crippen LogP contribution >= 0.6 is 11.6 Å². The minimum atomic E-state index is 0.901. The maximum atomic E-state index is 6.50. The molecule has 1 aliphatic heterocycles. The van der Waals surface area contributed by atoms with Gasteiger partial charge in [0.2, 0.25) is 0 Å². The van der Waals surface area contributed by atoms with Crippen molar-refractivity contribution in [2.75, 3.05) is 11.9 Å². The molecule has 17 heavy (non-hydrogen) atoms. The van der Waals surface area contributed by atoms with Crippen molar-refractivity contribution >= 4 is 17.3 Å². The number of fused-ring (bicyclic) bond motifs is 1. The van der Waals surface area contributed by atoms with Crippen molar-refractivity contribution in [1.29, 1.82) is 0 Å². The summed E-state index contributed by atoms with van der Waals surface area (Å²) in [5, 5.41) is 4.25. The Morgan fingerprint density at radius 3 is 2.88 bits per heavy atom. The molecule has 1 N–H and O–H groups in total. The number of nitrogens with one attached hydrogen (secondary N) is 1. The number of benzene rings is 2. The molecule has 86 valence electrons. The molecule has 0 atom stereocenters. The Morgan fingerprint density at radius 2 is 2.06 bits per heavy atom. The summed E-state index contributed by atoms with van der Waals surface area (Å²) in [5.74, 6) is 0.